The standard InChI is InChI=1S/C18H28N4O5/c19-9-5-4-8-14(18(26)27)21-17(25)15(22-16(24)13(20)11-23)10-12-6-2-1-3-7-12/h1-3,6-7,13-15,23H,4-5,8-11,19-20H2,(H,21,25)(H,22,24)(H,26,27). The van der Waals surface area contributed by atoms with Gasteiger partial charge in [-0.15, -0.1) is 0 Å². The molecule has 0 fully saturated rings. The van der Waals surface area contributed by atoms with Crippen molar-refractivity contribution in [3.63, 3.8) is 0 Å². The molecule has 9 heteroatoms. The number of amides is 2. The molecule has 0 spiro atoms. The van der Waals surface area contributed by atoms with Gasteiger partial charge in [0, 0.05) is 6.42 Å². The topological polar surface area (TPSA) is 168 Å². The summed E-state index contributed by atoms with van der Waals surface area (Å²) in [5, 5.41) is 23.3. The summed E-state index contributed by atoms with van der Waals surface area (Å²) in [5.41, 5.74) is 11.7. The van der Waals surface area contributed by atoms with Crippen LogP contribution in [-0.4, -0.2) is 59.3 Å². The third-order valence-corrected chi connectivity index (χ3v) is 4.01. The minimum Gasteiger partial charge on any atom is -0.480 e. The highest BCUT2D eigenvalue weighted by molar-refractivity contribution is 5.92. The van der Waals surface area contributed by atoms with Crippen molar-refractivity contribution in [3.05, 3.63) is 35.9 Å². The lowest BCUT2D eigenvalue weighted by Gasteiger charge is -2.22. The fraction of sp³-hybridized carbons (Fsp3) is 0.500. The van der Waals surface area contributed by atoms with Gasteiger partial charge in [0.05, 0.1) is 6.61 Å². The van der Waals surface area contributed by atoms with Gasteiger partial charge >= 0.3 is 5.97 Å². The van der Waals surface area contributed by atoms with Gasteiger partial charge in [0.1, 0.15) is 18.1 Å². The zero-order valence-corrected chi connectivity index (χ0v) is 15.1. The number of hydrogen-bond donors (Lipinski definition) is 6. The predicted molar refractivity (Wildman–Crippen MR) is 99.6 cm³/mol. The van der Waals surface area contributed by atoms with Crippen LogP contribution in [-0.2, 0) is 20.8 Å². The van der Waals surface area contributed by atoms with Crippen molar-refractivity contribution in [1.82, 2.24) is 10.6 Å². The first-order chi connectivity index (χ1) is 12.9. The molecule has 2 amide bonds. The molecule has 3 atom stereocenters. The second kappa shape index (κ2) is 12.0. The Morgan fingerprint density at radius 3 is 2.19 bits per heavy atom. The van der Waals surface area contributed by atoms with Gasteiger partial charge < -0.3 is 32.3 Å². The first-order valence-corrected chi connectivity index (χ1v) is 8.83. The highest BCUT2D eigenvalue weighted by Crippen LogP contribution is 2.06. The van der Waals surface area contributed by atoms with Gasteiger partial charge in [0.15, 0.2) is 0 Å². The third-order valence-electron chi connectivity index (χ3n) is 4.01. The van der Waals surface area contributed by atoms with E-state index in [9.17, 15) is 19.5 Å². The van der Waals surface area contributed by atoms with Crippen LogP contribution in [0.5, 0.6) is 0 Å². The molecule has 0 aromatic heterocycles. The van der Waals surface area contributed by atoms with Gasteiger partial charge in [-0.3, -0.25) is 9.59 Å². The van der Waals surface area contributed by atoms with Crippen molar-refractivity contribution in [1.29, 1.82) is 0 Å². The van der Waals surface area contributed by atoms with Gasteiger partial charge in [0.25, 0.3) is 0 Å². The van der Waals surface area contributed by atoms with Crippen LogP contribution >= 0.6 is 0 Å². The van der Waals surface area contributed by atoms with Crippen LogP contribution in [0.25, 0.3) is 0 Å². The Kier molecular flexibility index (Phi) is 10.0. The van der Waals surface area contributed by atoms with Crippen LogP contribution in [0.1, 0.15) is 24.8 Å². The van der Waals surface area contributed by atoms with E-state index in [1.807, 2.05) is 6.07 Å². The monoisotopic (exact) mass is 380 g/mol. The van der Waals surface area contributed by atoms with E-state index < -0.39 is 42.5 Å². The molecular weight excluding hydrogens is 352 g/mol. The van der Waals surface area contributed by atoms with Gasteiger partial charge in [-0.1, -0.05) is 30.3 Å². The predicted octanol–water partition coefficient (Wildman–Crippen LogP) is -1.27. The number of nitrogens with two attached hydrogens (primary N) is 2. The van der Waals surface area contributed by atoms with E-state index in [1.54, 1.807) is 24.3 Å². The average Bonchev–Trinajstić information content (AvgIpc) is 2.66. The number of aliphatic carboxylic acids is 1. The maximum atomic E-state index is 12.6. The summed E-state index contributed by atoms with van der Waals surface area (Å²) >= 11 is 0. The Hall–Kier alpha value is -2.49. The van der Waals surface area contributed by atoms with Gasteiger partial charge in [-0.25, -0.2) is 4.79 Å². The van der Waals surface area contributed by atoms with Crippen LogP contribution in [0.3, 0.4) is 0 Å². The highest BCUT2D eigenvalue weighted by atomic mass is 16.4. The number of carboxylic acids is 1. The van der Waals surface area contributed by atoms with Crippen molar-refractivity contribution in [3.8, 4) is 0 Å². The van der Waals surface area contributed by atoms with Crippen molar-refractivity contribution in [2.24, 2.45) is 11.5 Å². The number of unbranched alkanes of at least 4 members (excludes halogenated alkanes) is 1. The Balaban J connectivity index is 2.86. The van der Waals surface area contributed by atoms with Crippen LogP contribution in [0.4, 0.5) is 0 Å². The lowest BCUT2D eigenvalue weighted by molar-refractivity contribution is -0.142. The molecule has 27 heavy (non-hydrogen) atoms. The van der Waals surface area contributed by atoms with E-state index in [4.69, 9.17) is 16.6 Å². The minimum atomic E-state index is -1.17. The summed E-state index contributed by atoms with van der Waals surface area (Å²) in [5.74, 6) is -2.47. The Morgan fingerprint density at radius 2 is 1.63 bits per heavy atom. The van der Waals surface area contributed by atoms with E-state index in [-0.39, 0.29) is 12.8 Å². The Labute approximate surface area is 158 Å². The maximum Gasteiger partial charge on any atom is 0.326 e. The maximum absolute atomic E-state index is 12.6. The number of aliphatic hydroxyl groups is 1. The van der Waals surface area contributed by atoms with E-state index >= 15 is 0 Å². The molecule has 0 aliphatic heterocycles. The summed E-state index contributed by atoms with van der Waals surface area (Å²) in [6.45, 7) is -0.131. The number of benzene rings is 1. The molecule has 1 rings (SSSR count). The second-order valence-corrected chi connectivity index (χ2v) is 6.22. The van der Waals surface area contributed by atoms with Crippen LogP contribution in [0.2, 0.25) is 0 Å². The van der Waals surface area contributed by atoms with Crippen molar-refractivity contribution < 1.29 is 24.6 Å². The van der Waals surface area contributed by atoms with Crippen LogP contribution in [0, 0.1) is 0 Å². The SMILES string of the molecule is NCCCCC(NC(=O)C(Cc1ccccc1)NC(=O)C(N)CO)C(=O)O. The van der Waals surface area contributed by atoms with Crippen LogP contribution < -0.4 is 22.1 Å². The lowest BCUT2D eigenvalue weighted by Crippen LogP contribution is -2.55. The van der Waals surface area contributed by atoms with Gasteiger partial charge in [-0.05, 0) is 31.4 Å². The second-order valence-electron chi connectivity index (χ2n) is 6.22. The number of hydrogen-bond acceptors (Lipinski definition) is 6. The molecule has 0 heterocycles. The molecule has 0 bridgehead atoms. The summed E-state index contributed by atoms with van der Waals surface area (Å²) < 4.78 is 0. The molecule has 8 N–H and O–H groups in total. The summed E-state index contributed by atoms with van der Waals surface area (Å²) in [6.07, 6.45) is 1.60. The van der Waals surface area contributed by atoms with Crippen LogP contribution in [0.15, 0.2) is 30.3 Å². The highest BCUT2D eigenvalue weighted by Gasteiger charge is 2.27. The fourth-order valence-corrected chi connectivity index (χ4v) is 2.44. The number of carboxylic acid groups (broad SMARTS) is 1. The number of rotatable bonds is 12. The van der Waals surface area contributed by atoms with E-state index in [1.165, 1.54) is 0 Å². The first-order valence-electron chi connectivity index (χ1n) is 8.83. The first kappa shape index (κ1) is 22.6. The molecule has 0 aliphatic carbocycles. The number of nitrogens with one attached hydrogen (secondary N) is 2. The zero-order valence-electron chi connectivity index (χ0n) is 15.1. The van der Waals surface area contributed by atoms with Gasteiger partial charge in [0.2, 0.25) is 11.8 Å². The molecule has 1 aromatic carbocycles. The quantitative estimate of drug-likeness (QED) is 0.246. The van der Waals surface area contributed by atoms with E-state index in [0.717, 1.165) is 5.56 Å². The summed E-state index contributed by atoms with van der Waals surface area (Å²) in [6, 6.07) is 5.70. The molecule has 0 aliphatic rings. The number of aliphatic hydroxyl groups excluding tert-OH is 1. The van der Waals surface area contributed by atoms with Crippen molar-refractivity contribution in [2.45, 2.75) is 43.8 Å². The average molecular weight is 380 g/mol. The lowest BCUT2D eigenvalue weighted by atomic mass is 10.0. The number of carbonyl (C=O) groups excluding carboxylic acids is 2. The minimum absolute atomic E-state index is 0.158. The molecule has 0 radical (unpaired) electrons. The molecular formula is C18H28N4O5. The third kappa shape index (κ3) is 8.16. The van der Waals surface area contributed by atoms with Gasteiger partial charge in [-0.2, -0.15) is 0 Å². The van der Waals surface area contributed by atoms with Crippen molar-refractivity contribution in [2.75, 3.05) is 13.2 Å². The molecule has 1 aromatic rings. The molecule has 0 saturated carbocycles. The molecule has 3 unspecified atom stereocenters. The normalized spacial score (nSPS) is 14.0. The Morgan fingerprint density at radius 1 is 1.00 bits per heavy atom. The summed E-state index contributed by atoms with van der Waals surface area (Å²) in [4.78, 5) is 36.0. The zero-order chi connectivity index (χ0) is 20.2. The fourth-order valence-electron chi connectivity index (χ4n) is 2.44. The molecule has 9 nitrogen and oxygen atoms in total. The summed E-state index contributed by atoms with van der Waals surface area (Å²) in [7, 11) is 0. The number of carbonyl (C=O) groups is 3. The smallest absolute Gasteiger partial charge is 0.326 e. The molecule has 150 valence electrons. The Bertz CT molecular complexity index is 611. The van der Waals surface area contributed by atoms with E-state index in [0.29, 0.717) is 19.4 Å². The van der Waals surface area contributed by atoms with E-state index in [2.05, 4.69) is 10.6 Å². The van der Waals surface area contributed by atoms with Crippen molar-refractivity contribution >= 4 is 17.8 Å². The largest absolute Gasteiger partial charge is 0.480 e. The molecule has 0 saturated heterocycles.